The SMILES string of the molecule is O=C(O)CCCC(O)C(O)/C=C/c1c(C(O)COc2ccc(C(F)(F)F)cc2)sc2ccccc12. The van der Waals surface area contributed by atoms with Crippen molar-refractivity contribution in [1.82, 2.24) is 0 Å². The van der Waals surface area contributed by atoms with Crippen LogP contribution < -0.4 is 4.74 Å². The molecule has 0 fully saturated rings. The van der Waals surface area contributed by atoms with E-state index in [1.54, 1.807) is 6.08 Å². The number of aliphatic hydroxyl groups is 3. The molecule has 188 valence electrons. The topological polar surface area (TPSA) is 107 Å². The Morgan fingerprint density at radius 3 is 2.40 bits per heavy atom. The summed E-state index contributed by atoms with van der Waals surface area (Å²) in [5.74, 6) is -0.806. The summed E-state index contributed by atoms with van der Waals surface area (Å²) in [4.78, 5) is 11.1. The smallest absolute Gasteiger partial charge is 0.416 e. The first kappa shape index (κ1) is 26.7. The molecule has 0 bridgehead atoms. The van der Waals surface area contributed by atoms with Gasteiger partial charge in [-0.05, 0) is 48.7 Å². The van der Waals surface area contributed by atoms with Crippen molar-refractivity contribution in [1.29, 1.82) is 0 Å². The second kappa shape index (κ2) is 11.7. The van der Waals surface area contributed by atoms with E-state index in [2.05, 4.69) is 0 Å². The van der Waals surface area contributed by atoms with Crippen molar-refractivity contribution in [2.45, 2.75) is 43.8 Å². The quantitative estimate of drug-likeness (QED) is 0.289. The van der Waals surface area contributed by atoms with Crippen LogP contribution in [-0.2, 0) is 11.0 Å². The summed E-state index contributed by atoms with van der Waals surface area (Å²) in [5.41, 5.74) is -0.183. The monoisotopic (exact) mass is 510 g/mol. The maximum absolute atomic E-state index is 12.7. The van der Waals surface area contributed by atoms with Crippen LogP contribution in [0.5, 0.6) is 5.75 Å². The Labute approximate surface area is 203 Å². The van der Waals surface area contributed by atoms with Crippen molar-refractivity contribution in [2.24, 2.45) is 0 Å². The van der Waals surface area contributed by atoms with E-state index in [1.165, 1.54) is 29.5 Å². The van der Waals surface area contributed by atoms with Crippen molar-refractivity contribution in [2.75, 3.05) is 6.61 Å². The molecule has 1 aromatic heterocycles. The lowest BCUT2D eigenvalue weighted by Gasteiger charge is -2.15. The zero-order valence-electron chi connectivity index (χ0n) is 18.5. The van der Waals surface area contributed by atoms with Crippen LogP contribution in [-0.4, -0.2) is 45.2 Å². The van der Waals surface area contributed by atoms with E-state index < -0.39 is 36.0 Å². The van der Waals surface area contributed by atoms with Crippen LogP contribution in [0.3, 0.4) is 0 Å². The number of halogens is 3. The number of carboxylic acids is 1. The Morgan fingerprint density at radius 2 is 1.74 bits per heavy atom. The molecular formula is C25H25F3O6S. The molecule has 0 saturated carbocycles. The molecule has 4 N–H and O–H groups in total. The first-order chi connectivity index (χ1) is 16.6. The second-order valence-electron chi connectivity index (χ2n) is 7.93. The molecule has 0 aliphatic carbocycles. The lowest BCUT2D eigenvalue weighted by atomic mass is 10.0. The van der Waals surface area contributed by atoms with Gasteiger partial charge < -0.3 is 25.2 Å². The molecule has 3 atom stereocenters. The zero-order valence-corrected chi connectivity index (χ0v) is 19.3. The number of thiophene rings is 1. The van der Waals surface area contributed by atoms with Gasteiger partial charge in [0.05, 0.1) is 17.8 Å². The van der Waals surface area contributed by atoms with Gasteiger partial charge in [0, 0.05) is 21.4 Å². The third-order valence-corrected chi connectivity index (χ3v) is 6.59. The van der Waals surface area contributed by atoms with Crippen LogP contribution in [0.4, 0.5) is 13.2 Å². The summed E-state index contributed by atoms with van der Waals surface area (Å²) in [5, 5.41) is 40.7. The van der Waals surface area contributed by atoms with E-state index in [-0.39, 0.29) is 31.6 Å². The summed E-state index contributed by atoms with van der Waals surface area (Å²) in [6.45, 7) is -0.209. The highest BCUT2D eigenvalue weighted by Crippen LogP contribution is 2.37. The number of fused-ring (bicyclic) bond motifs is 1. The number of aliphatic hydroxyl groups excluding tert-OH is 3. The average Bonchev–Trinajstić information content (AvgIpc) is 3.19. The van der Waals surface area contributed by atoms with Gasteiger partial charge in [-0.3, -0.25) is 4.79 Å². The Morgan fingerprint density at radius 1 is 1.06 bits per heavy atom. The highest BCUT2D eigenvalue weighted by molar-refractivity contribution is 7.19. The molecule has 6 nitrogen and oxygen atoms in total. The molecule has 0 saturated heterocycles. The summed E-state index contributed by atoms with van der Waals surface area (Å²) >= 11 is 1.31. The molecule has 0 aliphatic rings. The normalized spacial score (nSPS) is 14.8. The van der Waals surface area contributed by atoms with Gasteiger partial charge in [-0.25, -0.2) is 0 Å². The molecule has 3 unspecified atom stereocenters. The van der Waals surface area contributed by atoms with Gasteiger partial charge in [0.15, 0.2) is 0 Å². The number of hydrogen-bond acceptors (Lipinski definition) is 6. The van der Waals surface area contributed by atoms with E-state index in [1.807, 2.05) is 24.3 Å². The third-order valence-electron chi connectivity index (χ3n) is 5.30. The number of alkyl halides is 3. The molecule has 0 aliphatic heterocycles. The molecule has 10 heteroatoms. The minimum atomic E-state index is -4.45. The number of rotatable bonds is 11. The van der Waals surface area contributed by atoms with Crippen LogP contribution in [0.2, 0.25) is 0 Å². The molecular weight excluding hydrogens is 485 g/mol. The van der Waals surface area contributed by atoms with Gasteiger partial charge in [0.2, 0.25) is 0 Å². The van der Waals surface area contributed by atoms with E-state index in [0.717, 1.165) is 22.2 Å². The first-order valence-corrected chi connectivity index (χ1v) is 11.6. The van der Waals surface area contributed by atoms with Gasteiger partial charge in [-0.1, -0.05) is 30.4 Å². The lowest BCUT2D eigenvalue weighted by molar-refractivity contribution is -0.138. The number of ether oxygens (including phenoxy) is 1. The Bertz CT molecular complexity index is 1160. The maximum Gasteiger partial charge on any atom is 0.416 e. The van der Waals surface area contributed by atoms with Crippen molar-refractivity contribution in [3.8, 4) is 5.75 Å². The minimum absolute atomic E-state index is 0.110. The second-order valence-corrected chi connectivity index (χ2v) is 9.01. The fourth-order valence-corrected chi connectivity index (χ4v) is 4.61. The molecule has 0 amide bonds. The number of benzene rings is 2. The zero-order chi connectivity index (χ0) is 25.6. The van der Waals surface area contributed by atoms with Gasteiger partial charge >= 0.3 is 12.1 Å². The van der Waals surface area contributed by atoms with Crippen LogP contribution in [0.1, 0.15) is 41.4 Å². The molecule has 3 aromatic rings. The molecule has 0 radical (unpaired) electrons. The Balaban J connectivity index is 1.73. The van der Waals surface area contributed by atoms with Crippen molar-refractivity contribution >= 4 is 33.5 Å². The fourth-order valence-electron chi connectivity index (χ4n) is 3.45. The van der Waals surface area contributed by atoms with Crippen LogP contribution in [0.25, 0.3) is 16.2 Å². The summed E-state index contributed by atoms with van der Waals surface area (Å²) in [7, 11) is 0. The Kier molecular flexibility index (Phi) is 8.90. The van der Waals surface area contributed by atoms with Gasteiger partial charge in [-0.15, -0.1) is 11.3 Å². The molecule has 1 heterocycles. The lowest BCUT2D eigenvalue weighted by Crippen LogP contribution is -2.23. The van der Waals surface area contributed by atoms with Gasteiger partial charge in [-0.2, -0.15) is 13.2 Å². The number of carboxylic acid groups (broad SMARTS) is 1. The molecule has 0 spiro atoms. The van der Waals surface area contributed by atoms with Crippen molar-refractivity contribution in [3.05, 3.63) is 70.6 Å². The first-order valence-electron chi connectivity index (χ1n) is 10.8. The number of hydrogen-bond donors (Lipinski definition) is 4. The Hall–Kier alpha value is -2.92. The molecule has 2 aromatic carbocycles. The predicted octanol–water partition coefficient (Wildman–Crippen LogP) is 5.02. The number of carbonyl (C=O) groups is 1. The highest BCUT2D eigenvalue weighted by atomic mass is 32.1. The minimum Gasteiger partial charge on any atom is -0.490 e. The average molecular weight is 511 g/mol. The van der Waals surface area contributed by atoms with Crippen molar-refractivity contribution in [3.63, 3.8) is 0 Å². The van der Waals surface area contributed by atoms with Crippen LogP contribution in [0.15, 0.2) is 54.6 Å². The fraction of sp³-hybridized carbons (Fsp3) is 0.320. The summed E-state index contributed by atoms with van der Waals surface area (Å²) < 4.78 is 44.6. The molecule has 3 rings (SSSR count). The summed E-state index contributed by atoms with van der Waals surface area (Å²) in [6.07, 6.45) is -4.77. The van der Waals surface area contributed by atoms with Gasteiger partial charge in [0.1, 0.15) is 18.5 Å². The molecule has 35 heavy (non-hydrogen) atoms. The van der Waals surface area contributed by atoms with E-state index in [0.29, 0.717) is 10.4 Å². The van der Waals surface area contributed by atoms with E-state index in [9.17, 15) is 33.3 Å². The largest absolute Gasteiger partial charge is 0.490 e. The van der Waals surface area contributed by atoms with Gasteiger partial charge in [0.25, 0.3) is 0 Å². The van der Waals surface area contributed by atoms with E-state index in [4.69, 9.17) is 9.84 Å². The van der Waals surface area contributed by atoms with Crippen molar-refractivity contribution < 1.29 is 43.1 Å². The standard InChI is InChI=1S/C25H25F3O6S/c26-25(27,28)15-8-10-16(11-9-15)34-14-21(31)24-18(17-4-1-2-6-22(17)35-24)12-13-20(30)19(29)5-3-7-23(32)33/h1-2,4,6,8-13,19-21,29-31H,3,5,7,14H2,(H,32,33)/b13-12+. The summed E-state index contributed by atoms with van der Waals surface area (Å²) in [6, 6.07) is 11.5. The van der Waals surface area contributed by atoms with Crippen LogP contribution in [0, 0.1) is 0 Å². The maximum atomic E-state index is 12.7. The van der Waals surface area contributed by atoms with Crippen LogP contribution >= 0.6 is 11.3 Å². The van der Waals surface area contributed by atoms with E-state index >= 15 is 0 Å². The number of aliphatic carboxylic acids is 1. The third kappa shape index (κ3) is 7.28. The highest BCUT2D eigenvalue weighted by Gasteiger charge is 2.30. The predicted molar refractivity (Wildman–Crippen MR) is 126 cm³/mol.